The molecule has 1 aromatic rings. The van der Waals surface area contributed by atoms with Crippen molar-refractivity contribution in [3.8, 4) is 0 Å². The molecule has 0 fully saturated rings. The summed E-state index contributed by atoms with van der Waals surface area (Å²) >= 11 is 0. The van der Waals surface area contributed by atoms with E-state index in [1.807, 2.05) is 20.8 Å². The first-order valence-electron chi connectivity index (χ1n) is 4.77. The highest BCUT2D eigenvalue weighted by Crippen LogP contribution is 2.10. The highest BCUT2D eigenvalue weighted by molar-refractivity contribution is 5.96. The van der Waals surface area contributed by atoms with Gasteiger partial charge in [0.2, 0.25) is 0 Å². The molecule has 0 aliphatic heterocycles. The highest BCUT2D eigenvalue weighted by atomic mass is 16.1. The molecule has 4 nitrogen and oxygen atoms in total. The fraction of sp³-hybridized carbons (Fsp3) is 0.600. The van der Waals surface area contributed by atoms with E-state index in [4.69, 9.17) is 5.73 Å². The van der Waals surface area contributed by atoms with E-state index < -0.39 is 5.54 Å². The minimum atomic E-state index is -0.453. The Kier molecular flexibility index (Phi) is 3.06. The van der Waals surface area contributed by atoms with Gasteiger partial charge in [0.15, 0.2) is 5.78 Å². The Bertz CT molecular complexity index is 322. The molecule has 0 saturated heterocycles. The van der Waals surface area contributed by atoms with Crippen LogP contribution in [-0.2, 0) is 6.54 Å². The van der Waals surface area contributed by atoms with Crippen molar-refractivity contribution in [2.24, 2.45) is 5.73 Å². The number of carbonyl (C=O) groups excluding carboxylic acids is 1. The summed E-state index contributed by atoms with van der Waals surface area (Å²) in [4.78, 5) is 11.7. The standard InChI is InChI=1S/C10H17N3O/c1-4-13-7-8(6-12-13)9(14)5-10(2,3)11/h6-7H,4-5,11H2,1-3H3. The van der Waals surface area contributed by atoms with Crippen LogP contribution in [0.4, 0.5) is 0 Å². The van der Waals surface area contributed by atoms with E-state index in [1.54, 1.807) is 17.1 Å². The number of aryl methyl sites for hydroxylation is 1. The minimum absolute atomic E-state index is 0.0530. The fourth-order valence-corrected chi connectivity index (χ4v) is 1.20. The molecule has 0 aliphatic carbocycles. The lowest BCUT2D eigenvalue weighted by molar-refractivity contribution is 0.0960. The van der Waals surface area contributed by atoms with Gasteiger partial charge in [0, 0.05) is 24.7 Å². The van der Waals surface area contributed by atoms with Crippen LogP contribution >= 0.6 is 0 Å². The molecule has 0 aromatic carbocycles. The van der Waals surface area contributed by atoms with Gasteiger partial charge in [-0.05, 0) is 20.8 Å². The largest absolute Gasteiger partial charge is 0.325 e. The molecule has 0 unspecified atom stereocenters. The van der Waals surface area contributed by atoms with Crippen LogP contribution in [0.25, 0.3) is 0 Å². The molecule has 0 amide bonds. The van der Waals surface area contributed by atoms with Crippen molar-refractivity contribution in [1.82, 2.24) is 9.78 Å². The molecule has 0 atom stereocenters. The zero-order valence-corrected chi connectivity index (χ0v) is 8.95. The van der Waals surface area contributed by atoms with Crippen LogP contribution in [0, 0.1) is 0 Å². The summed E-state index contributed by atoms with van der Waals surface area (Å²) in [6, 6.07) is 0. The molecule has 4 heteroatoms. The van der Waals surface area contributed by atoms with Gasteiger partial charge in [0.1, 0.15) is 0 Å². The zero-order chi connectivity index (χ0) is 10.8. The smallest absolute Gasteiger partial charge is 0.167 e. The average Bonchev–Trinajstić information content (AvgIpc) is 2.48. The number of rotatable bonds is 4. The van der Waals surface area contributed by atoms with Crippen molar-refractivity contribution in [1.29, 1.82) is 0 Å². The Balaban J connectivity index is 2.70. The molecular formula is C10H17N3O. The minimum Gasteiger partial charge on any atom is -0.325 e. The van der Waals surface area contributed by atoms with Crippen LogP contribution in [0.15, 0.2) is 12.4 Å². The lowest BCUT2D eigenvalue weighted by atomic mass is 9.97. The molecule has 78 valence electrons. The summed E-state index contributed by atoms with van der Waals surface area (Å²) < 4.78 is 1.73. The van der Waals surface area contributed by atoms with Crippen LogP contribution in [0.2, 0.25) is 0 Å². The molecule has 0 bridgehead atoms. The number of carbonyl (C=O) groups is 1. The van der Waals surface area contributed by atoms with Crippen molar-refractivity contribution in [3.05, 3.63) is 18.0 Å². The number of Topliss-reactive ketones (excluding diaryl/α,β-unsaturated/α-hetero) is 1. The Labute approximate surface area is 84.1 Å². The third-order valence-corrected chi connectivity index (χ3v) is 1.90. The van der Waals surface area contributed by atoms with Crippen molar-refractivity contribution >= 4 is 5.78 Å². The Morgan fingerprint density at radius 2 is 2.29 bits per heavy atom. The summed E-state index contributed by atoms with van der Waals surface area (Å²) in [7, 11) is 0. The van der Waals surface area contributed by atoms with Crippen LogP contribution in [0.1, 0.15) is 37.6 Å². The number of hydrogen-bond acceptors (Lipinski definition) is 3. The van der Waals surface area contributed by atoms with Gasteiger partial charge in [0.05, 0.1) is 11.8 Å². The molecule has 2 N–H and O–H groups in total. The normalized spacial score (nSPS) is 11.7. The zero-order valence-electron chi connectivity index (χ0n) is 8.95. The second kappa shape index (κ2) is 3.92. The molecule has 1 rings (SSSR count). The van der Waals surface area contributed by atoms with Crippen molar-refractivity contribution in [2.45, 2.75) is 39.3 Å². The fourth-order valence-electron chi connectivity index (χ4n) is 1.20. The Hall–Kier alpha value is -1.16. The van der Waals surface area contributed by atoms with Gasteiger partial charge in [-0.3, -0.25) is 9.48 Å². The van der Waals surface area contributed by atoms with Crippen molar-refractivity contribution in [3.63, 3.8) is 0 Å². The number of nitrogens with zero attached hydrogens (tertiary/aromatic N) is 2. The predicted octanol–water partition coefficient (Wildman–Crippen LogP) is 1.21. The Morgan fingerprint density at radius 1 is 1.64 bits per heavy atom. The maximum Gasteiger partial charge on any atom is 0.167 e. The highest BCUT2D eigenvalue weighted by Gasteiger charge is 2.18. The summed E-state index contributed by atoms with van der Waals surface area (Å²) in [6.45, 7) is 6.44. The first-order valence-corrected chi connectivity index (χ1v) is 4.77. The third-order valence-electron chi connectivity index (χ3n) is 1.90. The molecule has 14 heavy (non-hydrogen) atoms. The first-order chi connectivity index (χ1) is 6.42. The number of ketones is 1. The summed E-state index contributed by atoms with van der Waals surface area (Å²) in [5.74, 6) is 0.0530. The molecule has 1 heterocycles. The molecule has 0 spiro atoms. The average molecular weight is 195 g/mol. The molecule has 1 aromatic heterocycles. The van der Waals surface area contributed by atoms with Crippen molar-refractivity contribution in [2.75, 3.05) is 0 Å². The molecule has 0 aliphatic rings. The Morgan fingerprint density at radius 3 is 2.71 bits per heavy atom. The topological polar surface area (TPSA) is 60.9 Å². The van der Waals surface area contributed by atoms with E-state index in [0.29, 0.717) is 12.0 Å². The predicted molar refractivity (Wildman–Crippen MR) is 55.1 cm³/mol. The lowest BCUT2D eigenvalue weighted by Crippen LogP contribution is -2.34. The third kappa shape index (κ3) is 2.96. The van der Waals surface area contributed by atoms with E-state index in [0.717, 1.165) is 6.54 Å². The van der Waals surface area contributed by atoms with Gasteiger partial charge < -0.3 is 5.73 Å². The van der Waals surface area contributed by atoms with Gasteiger partial charge in [-0.2, -0.15) is 5.10 Å². The quantitative estimate of drug-likeness (QED) is 0.735. The first kappa shape index (κ1) is 10.9. The van der Waals surface area contributed by atoms with Gasteiger partial charge in [-0.25, -0.2) is 0 Å². The van der Waals surface area contributed by atoms with Gasteiger partial charge in [-0.15, -0.1) is 0 Å². The van der Waals surface area contributed by atoms with E-state index in [1.165, 1.54) is 0 Å². The van der Waals surface area contributed by atoms with Crippen LogP contribution in [0.3, 0.4) is 0 Å². The molecule has 0 radical (unpaired) electrons. The maximum absolute atomic E-state index is 11.7. The van der Waals surface area contributed by atoms with Gasteiger partial charge in [0.25, 0.3) is 0 Å². The number of aromatic nitrogens is 2. The van der Waals surface area contributed by atoms with Crippen LogP contribution in [0.5, 0.6) is 0 Å². The number of hydrogen-bond donors (Lipinski definition) is 1. The second-order valence-corrected chi connectivity index (χ2v) is 4.17. The van der Waals surface area contributed by atoms with Crippen molar-refractivity contribution < 1.29 is 4.79 Å². The second-order valence-electron chi connectivity index (χ2n) is 4.17. The van der Waals surface area contributed by atoms with Crippen LogP contribution in [-0.4, -0.2) is 21.1 Å². The van der Waals surface area contributed by atoms with E-state index in [2.05, 4.69) is 5.10 Å². The van der Waals surface area contributed by atoms with Gasteiger partial charge in [-0.1, -0.05) is 0 Å². The monoisotopic (exact) mass is 195 g/mol. The summed E-state index contributed by atoms with van der Waals surface area (Å²) in [5, 5.41) is 4.04. The summed E-state index contributed by atoms with van der Waals surface area (Å²) in [6.07, 6.45) is 3.70. The van der Waals surface area contributed by atoms with E-state index >= 15 is 0 Å². The number of nitrogens with two attached hydrogens (primary N) is 1. The van der Waals surface area contributed by atoms with E-state index in [-0.39, 0.29) is 5.78 Å². The summed E-state index contributed by atoms with van der Waals surface area (Å²) in [5.41, 5.74) is 5.96. The SMILES string of the molecule is CCn1cc(C(=O)CC(C)(C)N)cn1. The molecule has 0 saturated carbocycles. The molecular weight excluding hydrogens is 178 g/mol. The van der Waals surface area contributed by atoms with Gasteiger partial charge >= 0.3 is 0 Å². The van der Waals surface area contributed by atoms with E-state index in [9.17, 15) is 4.79 Å². The van der Waals surface area contributed by atoms with Crippen LogP contribution < -0.4 is 5.73 Å². The lowest BCUT2D eigenvalue weighted by Gasteiger charge is -2.16. The maximum atomic E-state index is 11.7.